The molecule has 1 aliphatic heterocycles. The minimum atomic E-state index is -0.0920. The van der Waals surface area contributed by atoms with Crippen molar-refractivity contribution in [3.05, 3.63) is 139 Å². The van der Waals surface area contributed by atoms with Crippen molar-refractivity contribution in [2.24, 2.45) is 0 Å². The largest absolute Gasteiger partial charge is 0.310 e. The van der Waals surface area contributed by atoms with Crippen molar-refractivity contribution in [2.45, 2.75) is 19.3 Å². The molecule has 5 heteroatoms. The van der Waals surface area contributed by atoms with E-state index in [-0.39, 0.29) is 5.41 Å². The number of hydrogen-bond donors (Lipinski definition) is 0. The Morgan fingerprint density at radius 3 is 1.52 bits per heavy atom. The number of aromatic nitrogens is 4. The van der Waals surface area contributed by atoms with Crippen LogP contribution in [0.2, 0.25) is 0 Å². The molecular formula is C35H27N5. The maximum Gasteiger partial charge on any atom is 0.160 e. The summed E-state index contributed by atoms with van der Waals surface area (Å²) in [6.45, 7) is 4.60. The number of rotatable bonds is 4. The average molecular weight is 518 g/mol. The third-order valence-electron chi connectivity index (χ3n) is 7.60. The summed E-state index contributed by atoms with van der Waals surface area (Å²) >= 11 is 0. The van der Waals surface area contributed by atoms with Crippen LogP contribution in [0.15, 0.2) is 128 Å². The lowest BCUT2D eigenvalue weighted by molar-refractivity contribution is 0.632. The molecule has 1 aliphatic rings. The zero-order valence-electron chi connectivity index (χ0n) is 22.4. The molecule has 192 valence electrons. The van der Waals surface area contributed by atoms with E-state index in [4.69, 9.17) is 9.97 Å². The van der Waals surface area contributed by atoms with E-state index in [0.717, 1.165) is 34.0 Å². The number of anilines is 3. The second-order valence-electron chi connectivity index (χ2n) is 10.4. The van der Waals surface area contributed by atoms with Gasteiger partial charge in [0.1, 0.15) is 0 Å². The Bertz CT molecular complexity index is 1710. The molecule has 0 amide bonds. The highest BCUT2D eigenvalue weighted by Gasteiger charge is 2.36. The van der Waals surface area contributed by atoms with E-state index in [1.807, 2.05) is 42.5 Å². The van der Waals surface area contributed by atoms with Crippen LogP contribution in [-0.2, 0) is 5.41 Å². The lowest BCUT2D eigenvalue weighted by Crippen LogP contribution is -2.30. The summed E-state index contributed by atoms with van der Waals surface area (Å²) < 4.78 is 0. The van der Waals surface area contributed by atoms with Crippen molar-refractivity contribution in [1.29, 1.82) is 0 Å². The van der Waals surface area contributed by atoms with Gasteiger partial charge in [-0.05, 0) is 77.9 Å². The van der Waals surface area contributed by atoms with Gasteiger partial charge in [-0.1, -0.05) is 62.4 Å². The second-order valence-corrected chi connectivity index (χ2v) is 10.4. The van der Waals surface area contributed by atoms with Crippen LogP contribution in [-0.4, -0.2) is 19.9 Å². The first-order chi connectivity index (χ1) is 19.6. The molecule has 0 spiro atoms. The van der Waals surface area contributed by atoms with Crippen LogP contribution in [0.1, 0.15) is 25.0 Å². The molecule has 0 bridgehead atoms. The third-order valence-corrected chi connectivity index (χ3v) is 7.60. The molecule has 5 nitrogen and oxygen atoms in total. The van der Waals surface area contributed by atoms with Crippen LogP contribution >= 0.6 is 0 Å². The van der Waals surface area contributed by atoms with Gasteiger partial charge in [-0.3, -0.25) is 9.97 Å². The monoisotopic (exact) mass is 517 g/mol. The van der Waals surface area contributed by atoms with Crippen LogP contribution in [0.25, 0.3) is 34.2 Å². The summed E-state index contributed by atoms with van der Waals surface area (Å²) in [7, 11) is 0. The van der Waals surface area contributed by atoms with Gasteiger partial charge in [-0.15, -0.1) is 0 Å². The molecule has 0 unspecified atom stereocenters. The van der Waals surface area contributed by atoms with Gasteiger partial charge in [0.25, 0.3) is 0 Å². The Morgan fingerprint density at radius 1 is 0.525 bits per heavy atom. The molecule has 0 saturated carbocycles. The van der Waals surface area contributed by atoms with Crippen LogP contribution in [0.4, 0.5) is 17.1 Å². The van der Waals surface area contributed by atoms with E-state index in [1.165, 1.54) is 22.5 Å². The fraction of sp³-hybridized carbons (Fsp3) is 0.0857. The minimum absolute atomic E-state index is 0.0920. The topological polar surface area (TPSA) is 54.8 Å². The van der Waals surface area contributed by atoms with Gasteiger partial charge in [-0.25, -0.2) is 9.97 Å². The highest BCUT2D eigenvalue weighted by atomic mass is 15.2. The molecule has 0 fully saturated rings. The Morgan fingerprint density at radius 2 is 1.02 bits per heavy atom. The molecule has 0 N–H and O–H groups in total. The SMILES string of the molecule is CC1(C)c2ccccc2N(c2ccc(-c3nc(-c4ccccn4)cc(-c4ccccn4)n3)cc2)c2ccccc21. The molecule has 3 aromatic carbocycles. The predicted octanol–water partition coefficient (Wildman–Crippen LogP) is 8.38. The summed E-state index contributed by atoms with van der Waals surface area (Å²) in [5.74, 6) is 0.635. The average Bonchev–Trinajstić information content (AvgIpc) is 3.02. The number of hydrogen-bond acceptors (Lipinski definition) is 5. The third kappa shape index (κ3) is 4.03. The highest BCUT2D eigenvalue weighted by Crippen LogP contribution is 2.51. The van der Waals surface area contributed by atoms with Crippen LogP contribution in [0.3, 0.4) is 0 Å². The first-order valence-electron chi connectivity index (χ1n) is 13.4. The first-order valence-corrected chi connectivity index (χ1v) is 13.4. The lowest BCUT2D eigenvalue weighted by atomic mass is 9.73. The summed E-state index contributed by atoms with van der Waals surface area (Å²) in [4.78, 5) is 21.2. The first kappa shape index (κ1) is 23.9. The second kappa shape index (κ2) is 9.54. The molecule has 0 atom stereocenters. The Labute approximate surface area is 233 Å². The smallest absolute Gasteiger partial charge is 0.160 e. The molecule has 40 heavy (non-hydrogen) atoms. The van der Waals surface area contributed by atoms with Crippen molar-refractivity contribution in [3.63, 3.8) is 0 Å². The van der Waals surface area contributed by atoms with Crippen molar-refractivity contribution >= 4 is 17.1 Å². The molecule has 0 aliphatic carbocycles. The highest BCUT2D eigenvalue weighted by molar-refractivity contribution is 5.86. The fourth-order valence-corrected chi connectivity index (χ4v) is 5.57. The van der Waals surface area contributed by atoms with Crippen LogP contribution in [0, 0.1) is 0 Å². The van der Waals surface area contributed by atoms with Gasteiger partial charge < -0.3 is 4.90 Å². The number of benzene rings is 3. The number of nitrogens with zero attached hydrogens (tertiary/aromatic N) is 5. The zero-order chi connectivity index (χ0) is 27.1. The number of pyridine rings is 2. The van der Waals surface area contributed by atoms with Gasteiger partial charge in [-0.2, -0.15) is 0 Å². The molecule has 6 aromatic rings. The maximum absolute atomic E-state index is 4.92. The standard InChI is InChI=1S/C35H27N5/c1-35(2)26-11-3-5-15-32(26)40(33-16-6-4-12-27(33)35)25-19-17-24(18-20-25)34-38-30(28-13-7-9-21-36-28)23-31(39-34)29-14-8-10-22-37-29/h3-23H,1-2H3. The van der Waals surface area contributed by atoms with Crippen LogP contribution < -0.4 is 4.90 Å². The van der Waals surface area contributed by atoms with E-state index in [1.54, 1.807) is 12.4 Å². The van der Waals surface area contributed by atoms with Crippen molar-refractivity contribution in [3.8, 4) is 34.2 Å². The molecular weight excluding hydrogens is 490 g/mol. The summed E-state index contributed by atoms with van der Waals surface area (Å²) in [6.07, 6.45) is 3.56. The van der Waals surface area contributed by atoms with Crippen molar-refractivity contribution < 1.29 is 0 Å². The van der Waals surface area contributed by atoms with Crippen molar-refractivity contribution in [2.75, 3.05) is 4.90 Å². The van der Waals surface area contributed by atoms with E-state index in [9.17, 15) is 0 Å². The molecule has 4 heterocycles. The summed E-state index contributed by atoms with van der Waals surface area (Å²) in [6, 6.07) is 39.5. The fourth-order valence-electron chi connectivity index (χ4n) is 5.57. The zero-order valence-corrected chi connectivity index (χ0v) is 22.4. The summed E-state index contributed by atoms with van der Waals surface area (Å²) in [5, 5.41) is 0. The lowest BCUT2D eigenvalue weighted by Gasteiger charge is -2.42. The normalized spacial score (nSPS) is 13.4. The number of para-hydroxylation sites is 2. The molecule has 0 saturated heterocycles. The van der Waals surface area contributed by atoms with E-state index < -0.39 is 0 Å². The number of fused-ring (bicyclic) bond motifs is 2. The van der Waals surface area contributed by atoms with Crippen LogP contribution in [0.5, 0.6) is 0 Å². The van der Waals surface area contributed by atoms with Gasteiger partial charge in [0.15, 0.2) is 5.82 Å². The van der Waals surface area contributed by atoms with Crippen molar-refractivity contribution in [1.82, 2.24) is 19.9 Å². The summed E-state index contributed by atoms with van der Waals surface area (Å²) in [5.41, 5.74) is 10.1. The molecule has 0 radical (unpaired) electrons. The van der Waals surface area contributed by atoms with E-state index in [0.29, 0.717) is 5.82 Å². The Kier molecular flexibility index (Phi) is 5.71. The van der Waals surface area contributed by atoms with Gasteiger partial charge in [0, 0.05) is 29.1 Å². The van der Waals surface area contributed by atoms with Gasteiger partial charge in [0.2, 0.25) is 0 Å². The van der Waals surface area contributed by atoms with E-state index >= 15 is 0 Å². The minimum Gasteiger partial charge on any atom is -0.310 e. The van der Waals surface area contributed by atoms with Gasteiger partial charge in [0.05, 0.1) is 34.2 Å². The maximum atomic E-state index is 4.92. The van der Waals surface area contributed by atoms with Gasteiger partial charge >= 0.3 is 0 Å². The molecule has 7 rings (SSSR count). The Balaban J connectivity index is 1.34. The Hall–Kier alpha value is -5.16. The predicted molar refractivity (Wildman–Crippen MR) is 161 cm³/mol. The van der Waals surface area contributed by atoms with E-state index in [2.05, 4.69) is 102 Å². The molecule has 3 aromatic heterocycles. The quantitative estimate of drug-likeness (QED) is 0.235.